The molecule has 2 aromatic carbocycles. The highest BCUT2D eigenvalue weighted by atomic mass is 127. The van der Waals surface area contributed by atoms with Crippen LogP contribution in [0.25, 0.3) is 0 Å². The summed E-state index contributed by atoms with van der Waals surface area (Å²) in [6.07, 6.45) is 0.723. The molecule has 0 saturated heterocycles. The van der Waals surface area contributed by atoms with Crippen LogP contribution in [0.5, 0.6) is 11.5 Å². The van der Waals surface area contributed by atoms with Gasteiger partial charge in [0.25, 0.3) is 0 Å². The van der Waals surface area contributed by atoms with Crippen LogP contribution in [0.1, 0.15) is 16.5 Å². The molecule has 2 rings (SSSR count). The second kappa shape index (κ2) is 7.70. The Morgan fingerprint density at radius 1 is 1.10 bits per heavy atom. The van der Waals surface area contributed by atoms with Crippen molar-refractivity contribution < 1.29 is 9.47 Å². The van der Waals surface area contributed by atoms with Crippen LogP contribution in [-0.4, -0.2) is 14.2 Å². The van der Waals surface area contributed by atoms with E-state index in [2.05, 4.69) is 44.6 Å². The number of alkyl halides is 1. The minimum atomic E-state index is -0.104. The largest absolute Gasteiger partial charge is 0.493 e. The van der Waals surface area contributed by atoms with E-state index in [1.165, 1.54) is 3.57 Å². The van der Waals surface area contributed by atoms with Crippen LogP contribution in [-0.2, 0) is 6.42 Å². The first kappa shape index (κ1) is 16.9. The molecule has 21 heavy (non-hydrogen) atoms. The van der Waals surface area contributed by atoms with Crippen molar-refractivity contribution in [2.75, 3.05) is 14.2 Å². The van der Waals surface area contributed by atoms with Crippen molar-refractivity contribution in [2.45, 2.75) is 11.8 Å². The third-order valence-corrected chi connectivity index (χ3v) is 4.94. The first-order valence-corrected chi connectivity index (χ1v) is 8.66. The van der Waals surface area contributed by atoms with Crippen molar-refractivity contribution in [3.63, 3.8) is 0 Å². The Kier molecular flexibility index (Phi) is 6.20. The summed E-state index contributed by atoms with van der Waals surface area (Å²) in [7, 11) is 3.26. The fraction of sp³-hybridized carbons (Fsp3) is 0.250. The molecule has 0 radical (unpaired) electrons. The molecular weight excluding hydrogens is 466 g/mol. The Morgan fingerprint density at radius 2 is 1.81 bits per heavy atom. The van der Waals surface area contributed by atoms with Crippen LogP contribution in [0.4, 0.5) is 0 Å². The highest BCUT2D eigenvalue weighted by Crippen LogP contribution is 2.34. The van der Waals surface area contributed by atoms with Crippen molar-refractivity contribution in [1.82, 2.24) is 0 Å². The van der Waals surface area contributed by atoms with Crippen LogP contribution in [0.15, 0.2) is 40.9 Å². The van der Waals surface area contributed by atoms with E-state index >= 15 is 0 Å². The lowest BCUT2D eigenvalue weighted by molar-refractivity contribution is 0.354. The van der Waals surface area contributed by atoms with Gasteiger partial charge in [0.15, 0.2) is 11.5 Å². The summed E-state index contributed by atoms with van der Waals surface area (Å²) in [5.74, 6) is 1.45. The fourth-order valence-electron chi connectivity index (χ4n) is 2.08. The molecule has 0 N–H and O–H groups in total. The van der Waals surface area contributed by atoms with Gasteiger partial charge in [0, 0.05) is 8.04 Å². The third-order valence-electron chi connectivity index (χ3n) is 3.16. The molecule has 2 nitrogen and oxygen atoms in total. The predicted molar refractivity (Wildman–Crippen MR) is 98.7 cm³/mol. The zero-order chi connectivity index (χ0) is 15.4. The topological polar surface area (TPSA) is 18.5 Å². The number of hydrogen-bond acceptors (Lipinski definition) is 2. The monoisotopic (exact) mass is 480 g/mol. The molecule has 0 heterocycles. The molecule has 1 atom stereocenters. The molecule has 0 aliphatic carbocycles. The molecule has 0 aromatic heterocycles. The van der Waals surface area contributed by atoms with E-state index in [1.54, 1.807) is 14.2 Å². The van der Waals surface area contributed by atoms with Gasteiger partial charge in [-0.05, 0) is 70.5 Å². The average molecular weight is 482 g/mol. The molecule has 0 amide bonds. The van der Waals surface area contributed by atoms with Gasteiger partial charge in [-0.1, -0.05) is 22.0 Å². The van der Waals surface area contributed by atoms with Gasteiger partial charge in [0.1, 0.15) is 0 Å². The van der Waals surface area contributed by atoms with E-state index in [1.807, 2.05) is 30.3 Å². The summed E-state index contributed by atoms with van der Waals surface area (Å²) >= 11 is 12.4. The van der Waals surface area contributed by atoms with Crippen molar-refractivity contribution >= 4 is 50.1 Å². The lowest BCUT2D eigenvalue weighted by Gasteiger charge is -2.14. The standard InChI is InChI=1S/C16H15BrClIO2/c1-20-15-6-3-10(8-16(15)21-2)7-14(18)12-9-11(19)4-5-13(12)17/h3-6,8-9,14H,7H2,1-2H3. The lowest BCUT2D eigenvalue weighted by atomic mass is 10.0. The van der Waals surface area contributed by atoms with Crippen molar-refractivity contribution in [3.05, 3.63) is 55.6 Å². The SMILES string of the molecule is COc1ccc(CC(Cl)c2cc(I)ccc2Br)cc1OC. The Bertz CT molecular complexity index is 634. The van der Waals surface area contributed by atoms with Gasteiger partial charge in [-0.2, -0.15) is 0 Å². The number of hydrogen-bond donors (Lipinski definition) is 0. The Balaban J connectivity index is 2.23. The number of benzene rings is 2. The van der Waals surface area contributed by atoms with E-state index in [9.17, 15) is 0 Å². The maximum absolute atomic E-state index is 6.58. The second-order valence-electron chi connectivity index (χ2n) is 4.53. The molecule has 0 bridgehead atoms. The quantitative estimate of drug-likeness (QED) is 0.409. The van der Waals surface area contributed by atoms with Crippen LogP contribution < -0.4 is 9.47 Å². The van der Waals surface area contributed by atoms with Crippen LogP contribution in [0.3, 0.4) is 0 Å². The molecule has 0 fully saturated rings. The zero-order valence-corrected chi connectivity index (χ0v) is 16.2. The van der Waals surface area contributed by atoms with Gasteiger partial charge < -0.3 is 9.47 Å². The minimum Gasteiger partial charge on any atom is -0.493 e. The summed E-state index contributed by atoms with van der Waals surface area (Å²) < 4.78 is 12.8. The van der Waals surface area contributed by atoms with Crippen LogP contribution in [0.2, 0.25) is 0 Å². The van der Waals surface area contributed by atoms with Gasteiger partial charge in [-0.25, -0.2) is 0 Å². The summed E-state index contributed by atoms with van der Waals surface area (Å²) in [6.45, 7) is 0. The first-order chi connectivity index (χ1) is 10.0. The average Bonchev–Trinajstić information content (AvgIpc) is 2.49. The third kappa shape index (κ3) is 4.27. The predicted octanol–water partition coefficient (Wildman–Crippen LogP) is 5.59. The number of methoxy groups -OCH3 is 2. The Labute approximate surface area is 152 Å². The molecule has 5 heteroatoms. The second-order valence-corrected chi connectivity index (χ2v) is 7.15. The summed E-state index contributed by atoms with van der Waals surface area (Å²) in [6, 6.07) is 12.1. The maximum atomic E-state index is 6.58. The van der Waals surface area contributed by atoms with Gasteiger partial charge in [0.05, 0.1) is 19.6 Å². The summed E-state index contributed by atoms with van der Waals surface area (Å²) in [5, 5.41) is -0.104. The van der Waals surface area contributed by atoms with Gasteiger partial charge in [-0.3, -0.25) is 0 Å². The molecule has 0 aliphatic rings. The van der Waals surface area contributed by atoms with E-state index in [0.29, 0.717) is 0 Å². The number of ether oxygens (including phenoxy) is 2. The molecule has 0 saturated carbocycles. The number of halogens is 3. The minimum absolute atomic E-state index is 0.104. The zero-order valence-electron chi connectivity index (χ0n) is 11.7. The van der Waals surface area contributed by atoms with Crippen molar-refractivity contribution in [2.24, 2.45) is 0 Å². The van der Waals surface area contributed by atoms with E-state index < -0.39 is 0 Å². The van der Waals surface area contributed by atoms with Crippen molar-refractivity contribution in [1.29, 1.82) is 0 Å². The number of rotatable bonds is 5. The molecule has 0 aliphatic heterocycles. The van der Waals surface area contributed by atoms with Gasteiger partial charge in [0.2, 0.25) is 0 Å². The molecule has 112 valence electrons. The normalized spacial score (nSPS) is 12.0. The summed E-state index contributed by atoms with van der Waals surface area (Å²) in [4.78, 5) is 0. The maximum Gasteiger partial charge on any atom is 0.160 e. The Hall–Kier alpha value is -0.460. The van der Waals surface area contributed by atoms with E-state index in [0.717, 1.165) is 33.5 Å². The summed E-state index contributed by atoms with van der Waals surface area (Å²) in [5.41, 5.74) is 2.21. The Morgan fingerprint density at radius 3 is 2.48 bits per heavy atom. The molecule has 0 spiro atoms. The van der Waals surface area contributed by atoms with Crippen LogP contribution >= 0.6 is 50.1 Å². The molecular formula is C16H15BrClIO2. The fourth-order valence-corrected chi connectivity index (χ4v) is 3.61. The molecule has 1 unspecified atom stereocenters. The van der Waals surface area contributed by atoms with Crippen LogP contribution in [0, 0.1) is 3.57 Å². The highest BCUT2D eigenvalue weighted by molar-refractivity contribution is 14.1. The lowest BCUT2D eigenvalue weighted by Crippen LogP contribution is -1.99. The van der Waals surface area contributed by atoms with Gasteiger partial charge in [-0.15, -0.1) is 11.6 Å². The van der Waals surface area contributed by atoms with Crippen molar-refractivity contribution in [3.8, 4) is 11.5 Å². The van der Waals surface area contributed by atoms with E-state index in [-0.39, 0.29) is 5.38 Å². The van der Waals surface area contributed by atoms with E-state index in [4.69, 9.17) is 21.1 Å². The van der Waals surface area contributed by atoms with Gasteiger partial charge >= 0.3 is 0 Å². The first-order valence-electron chi connectivity index (χ1n) is 6.35. The smallest absolute Gasteiger partial charge is 0.160 e. The highest BCUT2D eigenvalue weighted by Gasteiger charge is 2.14. The molecule has 2 aromatic rings.